The molecule has 0 bridgehead atoms. The van der Waals surface area contributed by atoms with Crippen molar-refractivity contribution in [1.29, 1.82) is 0 Å². The zero-order valence-corrected chi connectivity index (χ0v) is 9.35. The second-order valence-electron chi connectivity index (χ2n) is 3.71. The van der Waals surface area contributed by atoms with Crippen molar-refractivity contribution in [1.82, 2.24) is 14.8 Å². The van der Waals surface area contributed by atoms with E-state index in [9.17, 15) is 9.18 Å². The summed E-state index contributed by atoms with van der Waals surface area (Å²) in [7, 11) is 0. The highest BCUT2D eigenvalue weighted by Crippen LogP contribution is 2.14. The van der Waals surface area contributed by atoms with Crippen LogP contribution in [0.2, 0.25) is 0 Å². The molecule has 0 amide bonds. The summed E-state index contributed by atoms with van der Waals surface area (Å²) >= 11 is 0. The predicted molar refractivity (Wildman–Crippen MR) is 61.4 cm³/mol. The third-order valence-corrected chi connectivity index (χ3v) is 2.55. The van der Waals surface area contributed by atoms with E-state index >= 15 is 0 Å². The fourth-order valence-electron chi connectivity index (χ4n) is 1.58. The Hall–Kier alpha value is -1.95. The quantitative estimate of drug-likeness (QED) is 0.838. The summed E-state index contributed by atoms with van der Waals surface area (Å²) in [5.74, 6) is 0.0933. The summed E-state index contributed by atoms with van der Waals surface area (Å²) in [6.07, 6.45) is 0.658. The topological polar surface area (TPSA) is 76.7 Å². The molecule has 0 spiro atoms. The molecule has 1 aromatic carbocycles. The molecule has 2 rings (SSSR count). The summed E-state index contributed by atoms with van der Waals surface area (Å²) in [4.78, 5) is 11.6. The zero-order valence-electron chi connectivity index (χ0n) is 9.35. The molecule has 0 saturated heterocycles. The van der Waals surface area contributed by atoms with E-state index < -0.39 is 0 Å². The van der Waals surface area contributed by atoms with Crippen molar-refractivity contribution in [2.24, 2.45) is 5.73 Å². The molecule has 3 N–H and O–H groups in total. The van der Waals surface area contributed by atoms with Gasteiger partial charge in [0.25, 0.3) is 0 Å². The van der Waals surface area contributed by atoms with Gasteiger partial charge in [-0.25, -0.2) is 18.9 Å². The minimum Gasteiger partial charge on any atom is -0.321 e. The number of halogens is 1. The second kappa shape index (κ2) is 4.50. The van der Waals surface area contributed by atoms with Crippen molar-refractivity contribution in [3.63, 3.8) is 0 Å². The van der Waals surface area contributed by atoms with Gasteiger partial charge in [0.15, 0.2) is 5.82 Å². The molecule has 1 atom stereocenters. The van der Waals surface area contributed by atoms with Gasteiger partial charge in [-0.15, -0.1) is 0 Å². The zero-order chi connectivity index (χ0) is 12.4. The van der Waals surface area contributed by atoms with Crippen LogP contribution in [0.25, 0.3) is 5.69 Å². The monoisotopic (exact) mass is 236 g/mol. The lowest BCUT2D eigenvalue weighted by molar-refractivity contribution is 0.622. The fraction of sp³-hybridized carbons (Fsp3) is 0.273. The van der Waals surface area contributed by atoms with E-state index in [1.54, 1.807) is 0 Å². The molecule has 0 aliphatic heterocycles. The van der Waals surface area contributed by atoms with E-state index in [0.717, 1.165) is 0 Å². The highest BCUT2D eigenvalue weighted by atomic mass is 19.1. The average molecular weight is 236 g/mol. The van der Waals surface area contributed by atoms with E-state index in [4.69, 9.17) is 5.73 Å². The summed E-state index contributed by atoms with van der Waals surface area (Å²) in [5, 5.41) is 6.24. The van der Waals surface area contributed by atoms with Crippen LogP contribution in [0, 0.1) is 5.82 Å². The SMILES string of the molecule is CC[C@H](N)c1n[nH]c(=O)n1-c1ccc(F)cc1. The number of H-pyrrole nitrogens is 1. The van der Waals surface area contributed by atoms with Gasteiger partial charge in [-0.2, -0.15) is 5.10 Å². The van der Waals surface area contributed by atoms with Crippen molar-refractivity contribution < 1.29 is 4.39 Å². The number of nitrogens with one attached hydrogen (secondary N) is 1. The molecule has 2 aromatic rings. The van der Waals surface area contributed by atoms with E-state index in [1.807, 2.05) is 6.92 Å². The maximum atomic E-state index is 12.8. The van der Waals surface area contributed by atoms with Gasteiger partial charge in [-0.3, -0.25) is 0 Å². The molecule has 6 heteroatoms. The lowest BCUT2D eigenvalue weighted by Crippen LogP contribution is -2.21. The van der Waals surface area contributed by atoms with Crippen LogP contribution in [0.4, 0.5) is 4.39 Å². The number of hydrogen-bond donors (Lipinski definition) is 2. The number of rotatable bonds is 3. The van der Waals surface area contributed by atoms with E-state index in [2.05, 4.69) is 10.2 Å². The first-order valence-corrected chi connectivity index (χ1v) is 5.32. The Morgan fingerprint density at radius 3 is 2.71 bits per heavy atom. The second-order valence-corrected chi connectivity index (χ2v) is 3.71. The Kier molecular flexibility index (Phi) is 3.06. The maximum absolute atomic E-state index is 12.8. The van der Waals surface area contributed by atoms with Crippen molar-refractivity contribution in [2.75, 3.05) is 0 Å². The largest absolute Gasteiger partial charge is 0.347 e. The maximum Gasteiger partial charge on any atom is 0.347 e. The Balaban J connectivity index is 2.54. The van der Waals surface area contributed by atoms with E-state index in [1.165, 1.54) is 28.8 Å². The van der Waals surface area contributed by atoms with E-state index in [-0.39, 0.29) is 17.5 Å². The van der Waals surface area contributed by atoms with Crippen LogP contribution >= 0.6 is 0 Å². The average Bonchev–Trinajstić information content (AvgIpc) is 2.71. The van der Waals surface area contributed by atoms with Gasteiger partial charge >= 0.3 is 5.69 Å². The fourth-order valence-corrected chi connectivity index (χ4v) is 1.58. The number of aromatic nitrogens is 3. The molecule has 0 aliphatic rings. The molecule has 1 aromatic heterocycles. The van der Waals surface area contributed by atoms with Crippen LogP contribution in [0.3, 0.4) is 0 Å². The number of nitrogens with zero attached hydrogens (tertiary/aromatic N) is 2. The summed E-state index contributed by atoms with van der Waals surface area (Å²) in [6.45, 7) is 1.90. The van der Waals surface area contributed by atoms with Crippen LogP contribution in [0.5, 0.6) is 0 Å². The van der Waals surface area contributed by atoms with Crippen LogP contribution in [-0.4, -0.2) is 14.8 Å². The van der Waals surface area contributed by atoms with Crippen LogP contribution in [-0.2, 0) is 0 Å². The Morgan fingerprint density at radius 1 is 1.47 bits per heavy atom. The first kappa shape index (κ1) is 11.5. The van der Waals surface area contributed by atoms with Gasteiger partial charge in [-0.1, -0.05) is 6.92 Å². The van der Waals surface area contributed by atoms with E-state index in [0.29, 0.717) is 17.9 Å². The minimum absolute atomic E-state index is 0.334. The van der Waals surface area contributed by atoms with Crippen molar-refractivity contribution in [2.45, 2.75) is 19.4 Å². The van der Waals surface area contributed by atoms with Crippen LogP contribution in [0.15, 0.2) is 29.1 Å². The molecule has 0 unspecified atom stereocenters. The summed E-state index contributed by atoms with van der Waals surface area (Å²) in [6, 6.07) is 5.27. The van der Waals surface area contributed by atoms with Crippen molar-refractivity contribution in [3.05, 3.63) is 46.4 Å². The Labute approximate surface area is 97.1 Å². The Bertz CT molecular complexity index is 558. The van der Waals surface area contributed by atoms with Gasteiger partial charge < -0.3 is 5.73 Å². The number of aromatic amines is 1. The molecule has 0 fully saturated rings. The molecular formula is C11H13FN4O. The molecule has 0 saturated carbocycles. The molecule has 0 radical (unpaired) electrons. The molecule has 0 aliphatic carbocycles. The normalized spacial score (nSPS) is 12.6. The van der Waals surface area contributed by atoms with Gasteiger partial charge in [0.1, 0.15) is 5.82 Å². The third kappa shape index (κ3) is 2.12. The molecule has 90 valence electrons. The van der Waals surface area contributed by atoms with Gasteiger partial charge in [0.2, 0.25) is 0 Å². The highest BCUT2D eigenvalue weighted by Gasteiger charge is 2.15. The molecule has 5 nitrogen and oxygen atoms in total. The standard InChI is InChI=1S/C11H13FN4O/c1-2-9(13)10-14-15-11(17)16(10)8-5-3-7(12)4-6-8/h3-6,9H,2,13H2,1H3,(H,15,17)/t9-/m0/s1. The first-order chi connectivity index (χ1) is 8.13. The Morgan fingerprint density at radius 2 is 2.12 bits per heavy atom. The smallest absolute Gasteiger partial charge is 0.321 e. The summed E-state index contributed by atoms with van der Waals surface area (Å²) < 4.78 is 14.2. The van der Waals surface area contributed by atoms with Gasteiger partial charge in [0, 0.05) is 0 Å². The summed E-state index contributed by atoms with van der Waals surface area (Å²) in [5.41, 5.74) is 6.03. The number of benzene rings is 1. The lowest BCUT2D eigenvalue weighted by atomic mass is 10.2. The van der Waals surface area contributed by atoms with Crippen LogP contribution in [0.1, 0.15) is 25.2 Å². The van der Waals surface area contributed by atoms with Crippen molar-refractivity contribution in [3.8, 4) is 5.69 Å². The third-order valence-electron chi connectivity index (χ3n) is 2.55. The molecule has 1 heterocycles. The minimum atomic E-state index is -0.379. The number of hydrogen-bond acceptors (Lipinski definition) is 3. The highest BCUT2D eigenvalue weighted by molar-refractivity contribution is 5.33. The lowest BCUT2D eigenvalue weighted by Gasteiger charge is -2.10. The number of nitrogens with two attached hydrogens (primary N) is 1. The predicted octanol–water partition coefficient (Wildman–Crippen LogP) is 1.11. The van der Waals surface area contributed by atoms with Crippen molar-refractivity contribution >= 4 is 0 Å². The van der Waals surface area contributed by atoms with Gasteiger partial charge in [0.05, 0.1) is 11.7 Å². The molecular weight excluding hydrogens is 223 g/mol. The molecule has 17 heavy (non-hydrogen) atoms. The van der Waals surface area contributed by atoms with Crippen LogP contribution < -0.4 is 11.4 Å². The van der Waals surface area contributed by atoms with Gasteiger partial charge in [-0.05, 0) is 30.7 Å². The first-order valence-electron chi connectivity index (χ1n) is 5.32.